The average Bonchev–Trinajstić information content (AvgIpc) is 2.63. The van der Waals surface area contributed by atoms with Gasteiger partial charge in [0.2, 0.25) is 5.88 Å². The molecule has 0 aliphatic carbocycles. The topological polar surface area (TPSA) is 73.8 Å². The van der Waals surface area contributed by atoms with Crippen LogP contribution >= 0.6 is 11.6 Å². The van der Waals surface area contributed by atoms with Crippen LogP contribution in [0, 0.1) is 0 Å². The summed E-state index contributed by atoms with van der Waals surface area (Å²) >= 11 is 6.14. The molecule has 3 rings (SSSR count). The Balaban J connectivity index is 1.77. The molecule has 2 aromatic rings. The van der Waals surface area contributed by atoms with Gasteiger partial charge in [-0.25, -0.2) is 9.78 Å². The van der Waals surface area contributed by atoms with Gasteiger partial charge >= 0.3 is 6.09 Å². The molecule has 0 bridgehead atoms. The van der Waals surface area contributed by atoms with Crippen LogP contribution in [0.2, 0.25) is 5.15 Å². The van der Waals surface area contributed by atoms with Gasteiger partial charge in [-0.1, -0.05) is 24.3 Å². The summed E-state index contributed by atoms with van der Waals surface area (Å²) in [5.74, 6) is 0.365. The average molecular weight is 434 g/mol. The molecule has 0 saturated carbocycles. The lowest BCUT2D eigenvalue weighted by Gasteiger charge is -2.42. The fraction of sp³-hybridized carbons (Fsp3) is 0.500. The molecular formula is C22H28ClN3O4. The first-order valence-corrected chi connectivity index (χ1v) is 10.2. The van der Waals surface area contributed by atoms with Gasteiger partial charge < -0.3 is 19.1 Å². The van der Waals surface area contributed by atoms with Crippen LogP contribution in [-0.4, -0.2) is 58.0 Å². The largest absolute Gasteiger partial charge is 0.474 e. The first kappa shape index (κ1) is 22.3. The fourth-order valence-corrected chi connectivity index (χ4v) is 3.50. The number of morpholine rings is 1. The lowest BCUT2D eigenvalue weighted by molar-refractivity contribution is -0.143. The van der Waals surface area contributed by atoms with Crippen molar-refractivity contribution >= 4 is 34.7 Å². The Morgan fingerprint density at radius 1 is 1.43 bits per heavy atom. The Kier molecular flexibility index (Phi) is 6.24. The van der Waals surface area contributed by atoms with E-state index in [0.717, 1.165) is 10.9 Å². The maximum absolute atomic E-state index is 12.6. The molecule has 1 saturated heterocycles. The van der Waals surface area contributed by atoms with Crippen LogP contribution in [0.3, 0.4) is 0 Å². The summed E-state index contributed by atoms with van der Waals surface area (Å²) in [6, 6.07) is 3.58. The molecule has 0 radical (unpaired) electrons. The number of halogens is 1. The standard InChI is InChI=1S/C22H28ClN3O4/c1-7-14-8-16-17(24-10-14)9-18(23)25-19(16)28-12-15-11-26(13-22(5,6)29-15)20(27)30-21(2,3)4/h7-10,15H,1,11-13H2,2-6H3/t15-/m0/s1. The fourth-order valence-electron chi connectivity index (χ4n) is 3.32. The quantitative estimate of drug-likeness (QED) is 0.649. The van der Waals surface area contributed by atoms with Crippen molar-refractivity contribution in [2.24, 2.45) is 0 Å². The zero-order valence-corrected chi connectivity index (χ0v) is 18.8. The SMILES string of the molecule is C=Cc1cnc2cc(Cl)nc(OC[C@@H]3CN(C(=O)OC(C)(C)C)CC(C)(C)O3)c2c1. The summed E-state index contributed by atoms with van der Waals surface area (Å²) in [4.78, 5) is 22.9. The van der Waals surface area contributed by atoms with Gasteiger partial charge in [0.1, 0.15) is 23.5 Å². The van der Waals surface area contributed by atoms with Gasteiger partial charge in [-0.05, 0) is 46.2 Å². The summed E-state index contributed by atoms with van der Waals surface area (Å²) in [6.07, 6.45) is 2.69. The van der Waals surface area contributed by atoms with Gasteiger partial charge in [0, 0.05) is 12.3 Å². The van der Waals surface area contributed by atoms with Crippen molar-refractivity contribution in [1.29, 1.82) is 0 Å². The van der Waals surface area contributed by atoms with Gasteiger partial charge in [0.25, 0.3) is 0 Å². The Bertz CT molecular complexity index is 955. The van der Waals surface area contributed by atoms with Crippen LogP contribution in [0.4, 0.5) is 4.79 Å². The van der Waals surface area contributed by atoms with Gasteiger partial charge in [-0.15, -0.1) is 0 Å². The smallest absolute Gasteiger partial charge is 0.410 e. The van der Waals surface area contributed by atoms with Gasteiger partial charge in [-0.3, -0.25) is 4.98 Å². The van der Waals surface area contributed by atoms with E-state index < -0.39 is 11.2 Å². The molecule has 3 heterocycles. The molecule has 1 amide bonds. The van der Waals surface area contributed by atoms with Crippen molar-refractivity contribution in [1.82, 2.24) is 14.9 Å². The monoisotopic (exact) mass is 433 g/mol. The summed E-state index contributed by atoms with van der Waals surface area (Å²) in [7, 11) is 0. The number of pyridine rings is 2. The summed E-state index contributed by atoms with van der Waals surface area (Å²) < 4.78 is 17.6. The molecule has 2 aromatic heterocycles. The molecule has 30 heavy (non-hydrogen) atoms. The van der Waals surface area contributed by atoms with E-state index in [1.165, 1.54) is 0 Å². The van der Waals surface area contributed by atoms with Crippen LogP contribution in [0.1, 0.15) is 40.2 Å². The van der Waals surface area contributed by atoms with Gasteiger partial charge in [0.15, 0.2) is 0 Å². The van der Waals surface area contributed by atoms with Gasteiger partial charge in [0.05, 0.1) is 29.6 Å². The van der Waals surface area contributed by atoms with Crippen LogP contribution in [0.25, 0.3) is 17.0 Å². The molecule has 0 unspecified atom stereocenters. The number of aromatic nitrogens is 2. The van der Waals surface area contributed by atoms with Crippen molar-refractivity contribution in [2.45, 2.75) is 51.9 Å². The third-order valence-corrected chi connectivity index (χ3v) is 4.60. The van der Waals surface area contributed by atoms with Crippen molar-refractivity contribution < 1.29 is 19.0 Å². The van der Waals surface area contributed by atoms with Crippen molar-refractivity contribution in [2.75, 3.05) is 19.7 Å². The minimum Gasteiger partial charge on any atom is -0.474 e. The molecule has 7 nitrogen and oxygen atoms in total. The first-order valence-electron chi connectivity index (χ1n) is 9.83. The highest BCUT2D eigenvalue weighted by molar-refractivity contribution is 6.30. The Hall–Kier alpha value is -2.38. The van der Waals surface area contributed by atoms with E-state index in [2.05, 4.69) is 16.5 Å². The minimum atomic E-state index is -0.564. The predicted molar refractivity (Wildman–Crippen MR) is 117 cm³/mol. The summed E-state index contributed by atoms with van der Waals surface area (Å²) in [5, 5.41) is 1.02. The van der Waals surface area contributed by atoms with Crippen LogP contribution in [-0.2, 0) is 9.47 Å². The van der Waals surface area contributed by atoms with E-state index in [1.54, 1.807) is 23.2 Å². The lowest BCUT2D eigenvalue weighted by Crippen LogP contribution is -2.56. The van der Waals surface area contributed by atoms with Gasteiger partial charge in [-0.2, -0.15) is 0 Å². The van der Waals surface area contributed by atoms with E-state index in [1.807, 2.05) is 40.7 Å². The Morgan fingerprint density at radius 3 is 2.83 bits per heavy atom. The molecule has 0 N–H and O–H groups in total. The van der Waals surface area contributed by atoms with Crippen LogP contribution < -0.4 is 4.74 Å². The molecule has 1 atom stereocenters. The molecule has 0 aromatic carbocycles. The number of carbonyl (C=O) groups excluding carboxylic acids is 1. The number of hydrogen-bond acceptors (Lipinski definition) is 6. The zero-order chi connectivity index (χ0) is 22.1. The highest BCUT2D eigenvalue weighted by atomic mass is 35.5. The highest BCUT2D eigenvalue weighted by Gasteiger charge is 2.37. The maximum atomic E-state index is 12.6. The lowest BCUT2D eigenvalue weighted by atomic mass is 10.1. The van der Waals surface area contributed by atoms with Crippen molar-refractivity contribution in [3.8, 4) is 5.88 Å². The number of amides is 1. The molecule has 1 aliphatic heterocycles. The number of fused-ring (bicyclic) bond motifs is 1. The summed E-state index contributed by atoms with van der Waals surface area (Å²) in [6.45, 7) is 14.2. The van der Waals surface area contributed by atoms with Crippen molar-refractivity contribution in [3.63, 3.8) is 0 Å². The summed E-state index contributed by atoms with van der Waals surface area (Å²) in [5.41, 5.74) is 0.425. The number of nitrogens with zero attached hydrogens (tertiary/aromatic N) is 3. The second kappa shape index (κ2) is 8.40. The first-order chi connectivity index (χ1) is 14.0. The molecule has 0 spiro atoms. The predicted octanol–water partition coefficient (Wildman–Crippen LogP) is 4.72. The molecule has 1 aliphatic rings. The van der Waals surface area contributed by atoms with Crippen LogP contribution in [0.5, 0.6) is 5.88 Å². The van der Waals surface area contributed by atoms with Crippen molar-refractivity contribution in [3.05, 3.63) is 35.6 Å². The minimum absolute atomic E-state index is 0.198. The van der Waals surface area contributed by atoms with E-state index in [-0.39, 0.29) is 24.0 Å². The third-order valence-electron chi connectivity index (χ3n) is 4.41. The van der Waals surface area contributed by atoms with E-state index in [9.17, 15) is 4.79 Å². The molecule has 8 heteroatoms. The number of hydrogen-bond donors (Lipinski definition) is 0. The Labute approximate surface area is 182 Å². The molecular weight excluding hydrogens is 406 g/mol. The number of ether oxygens (including phenoxy) is 3. The number of rotatable bonds is 4. The van der Waals surface area contributed by atoms with E-state index in [4.69, 9.17) is 25.8 Å². The molecule has 162 valence electrons. The molecule has 1 fully saturated rings. The Morgan fingerprint density at radius 2 is 2.17 bits per heavy atom. The third kappa shape index (κ3) is 5.61. The van der Waals surface area contributed by atoms with E-state index >= 15 is 0 Å². The zero-order valence-electron chi connectivity index (χ0n) is 18.1. The van der Waals surface area contributed by atoms with E-state index in [0.29, 0.717) is 24.5 Å². The maximum Gasteiger partial charge on any atom is 0.410 e. The highest BCUT2D eigenvalue weighted by Crippen LogP contribution is 2.28. The number of carbonyl (C=O) groups is 1. The second-order valence-electron chi connectivity index (χ2n) is 8.96. The normalized spacial score (nSPS) is 18.9. The van der Waals surface area contributed by atoms with Crippen LogP contribution in [0.15, 0.2) is 24.9 Å². The second-order valence-corrected chi connectivity index (χ2v) is 9.35.